The number of thiazole rings is 3. The number of amides is 5. The molecule has 0 aliphatic rings. The van der Waals surface area contributed by atoms with Gasteiger partial charge >= 0.3 is 0 Å². The van der Waals surface area contributed by atoms with Crippen LogP contribution in [0, 0.1) is 11.6 Å². The summed E-state index contributed by atoms with van der Waals surface area (Å²) in [6.45, 7) is 6.83. The smallest absolute Gasteiger partial charge is 0.281 e. The van der Waals surface area contributed by atoms with Gasteiger partial charge in [0.1, 0.15) is 28.7 Å². The van der Waals surface area contributed by atoms with Gasteiger partial charge in [-0.15, -0.1) is 34.0 Å². The van der Waals surface area contributed by atoms with Gasteiger partial charge in [-0.3, -0.25) is 24.0 Å². The Kier molecular flexibility index (Phi) is 17.5. The quantitative estimate of drug-likeness (QED) is 0.0723. The Hall–Kier alpha value is -9.04. The molecule has 10 rings (SSSR count). The van der Waals surface area contributed by atoms with Crippen LogP contribution in [-0.2, 0) is 28.1 Å². The minimum absolute atomic E-state index is 0.106. The molecule has 10 aromatic rings. The molecule has 7 aromatic carbocycles. The number of nitrogens with zero attached hydrogens (tertiary/aromatic N) is 5. The molecular weight excluding hydrogens is 1080 g/mol. The molecule has 0 unspecified atom stereocenters. The first-order valence-corrected chi connectivity index (χ1v) is 28.0. The van der Waals surface area contributed by atoms with E-state index in [4.69, 9.17) is 10.7 Å². The van der Waals surface area contributed by atoms with Crippen molar-refractivity contribution in [1.29, 1.82) is 0 Å². The van der Waals surface area contributed by atoms with Gasteiger partial charge in [-0.25, -0.2) is 23.7 Å². The molecule has 14 nitrogen and oxygen atoms in total. The maximum Gasteiger partial charge on any atom is 0.281 e. The van der Waals surface area contributed by atoms with Crippen LogP contribution < -0.4 is 21.7 Å². The second-order valence-electron chi connectivity index (χ2n) is 20.0. The number of carbonyl (C=O) groups excluding carboxylic acids is 5. The largest absolute Gasteiger partial charge is 0.399 e. The Bertz CT molecular complexity index is 3890. The maximum atomic E-state index is 13.7. The van der Waals surface area contributed by atoms with Crippen molar-refractivity contribution in [2.24, 2.45) is 0 Å². The summed E-state index contributed by atoms with van der Waals surface area (Å²) >= 11 is 3.89. The minimum Gasteiger partial charge on any atom is -0.399 e. The third-order valence-corrected chi connectivity index (χ3v) is 15.8. The standard InChI is InChI=1S/C38H34FN5O3S2.C24H21FN4O2S/c1-38(2,3)31-22-48-35(42-31)28-13-9-8-12-27(28)33(45)40-26-18-19-29-30(20-26)49-36(41-29)34(46)43-32(24-10-6-5-7-11-24)37(47)44(4)21-23-14-16-25(39)17-15-23;1-29(14-15-7-9-17(25)10-8-15)24(31)21(16-5-3-2-4-6-16)28-22(30)23-27-19-12-11-18(26)13-20(19)32-23/h5-20,22,32H,21H2,1-4H3,(H,40,45)(H,43,46);2-13,21H,14,26H2,1H3,(H,28,30)/t32-;21-/m00/s1. The number of hydrogen-bond donors (Lipinski definition) is 4. The van der Waals surface area contributed by atoms with E-state index in [9.17, 15) is 32.8 Å². The Labute approximate surface area is 478 Å². The molecule has 0 aliphatic heterocycles. The van der Waals surface area contributed by atoms with Crippen LogP contribution in [-0.4, -0.2) is 68.4 Å². The lowest BCUT2D eigenvalue weighted by Gasteiger charge is -2.25. The molecule has 3 aromatic heterocycles. The summed E-state index contributed by atoms with van der Waals surface area (Å²) in [6, 6.07) is 45.9. The average molecular weight is 1140 g/mol. The predicted octanol–water partition coefficient (Wildman–Crippen LogP) is 12.4. The molecule has 0 radical (unpaired) electrons. The lowest BCUT2D eigenvalue weighted by molar-refractivity contribution is -0.133. The molecule has 19 heteroatoms. The zero-order chi connectivity index (χ0) is 57.4. The molecule has 0 fully saturated rings. The van der Waals surface area contributed by atoms with Gasteiger partial charge in [0.2, 0.25) is 11.8 Å². The monoisotopic (exact) mass is 1140 g/mol. The molecule has 2 atom stereocenters. The van der Waals surface area contributed by atoms with E-state index >= 15 is 0 Å². The van der Waals surface area contributed by atoms with Gasteiger partial charge in [-0.2, -0.15) is 0 Å². The first kappa shape index (κ1) is 56.7. The lowest BCUT2D eigenvalue weighted by atomic mass is 9.93. The SMILES string of the molecule is CN(Cc1ccc(F)cc1)C(=O)[C@@H](NC(=O)c1nc2ccc(N)cc2s1)c1ccccc1.CN(Cc1ccc(F)cc1)C(=O)[C@@H](NC(=O)c1nc2ccc(NC(=O)c3ccccc3-c3nc(C(C)(C)C)cs3)cc2s1)c1ccccc1. The van der Waals surface area contributed by atoms with Gasteiger partial charge < -0.3 is 31.5 Å². The molecular formula is C62H55F2N9O5S3. The molecule has 3 heterocycles. The first-order valence-electron chi connectivity index (χ1n) is 25.5. The number of carbonyl (C=O) groups is 5. The Morgan fingerprint density at radius 3 is 1.53 bits per heavy atom. The maximum absolute atomic E-state index is 13.7. The lowest BCUT2D eigenvalue weighted by Crippen LogP contribution is -2.41. The summed E-state index contributed by atoms with van der Waals surface area (Å²) in [5.41, 5.74) is 13.1. The number of anilines is 2. The van der Waals surface area contributed by atoms with Gasteiger partial charge in [0, 0.05) is 60.5 Å². The van der Waals surface area contributed by atoms with E-state index in [0.29, 0.717) is 43.8 Å². The van der Waals surface area contributed by atoms with Gasteiger partial charge in [-0.05, 0) is 89.0 Å². The van der Waals surface area contributed by atoms with Crippen LogP contribution in [0.25, 0.3) is 31.0 Å². The minimum atomic E-state index is -0.974. The van der Waals surface area contributed by atoms with Crippen LogP contribution in [0.15, 0.2) is 175 Å². The van der Waals surface area contributed by atoms with E-state index in [1.54, 1.807) is 117 Å². The number of likely N-dealkylation sites (N-methyl/N-ethyl adjacent to an activating group) is 2. The van der Waals surface area contributed by atoms with Crippen molar-refractivity contribution in [1.82, 2.24) is 35.4 Å². The fourth-order valence-electron chi connectivity index (χ4n) is 8.52. The van der Waals surface area contributed by atoms with Crippen LogP contribution in [0.1, 0.15) is 90.8 Å². The fraction of sp³-hybridized carbons (Fsp3) is 0.161. The number of hydrogen-bond acceptors (Lipinski definition) is 12. The zero-order valence-corrected chi connectivity index (χ0v) is 47.1. The number of nitrogen functional groups attached to an aromatic ring is 1. The van der Waals surface area contributed by atoms with E-state index in [1.165, 1.54) is 68.1 Å². The van der Waals surface area contributed by atoms with Crippen molar-refractivity contribution in [3.63, 3.8) is 0 Å². The number of aromatic nitrogens is 3. The third kappa shape index (κ3) is 14.1. The molecule has 0 spiro atoms. The average Bonchev–Trinajstić information content (AvgIpc) is 4.26. The highest BCUT2D eigenvalue weighted by Gasteiger charge is 2.30. The van der Waals surface area contributed by atoms with Crippen molar-refractivity contribution in [2.45, 2.75) is 51.4 Å². The molecule has 5 amide bonds. The number of nitrogens with one attached hydrogen (secondary N) is 3. The number of halogens is 2. The molecule has 410 valence electrons. The topological polar surface area (TPSA) is 193 Å². The van der Waals surface area contributed by atoms with Crippen molar-refractivity contribution >= 4 is 95.4 Å². The normalized spacial score (nSPS) is 11.9. The number of nitrogens with two attached hydrogens (primary N) is 1. The van der Waals surface area contributed by atoms with E-state index in [1.807, 2.05) is 47.8 Å². The Morgan fingerprint density at radius 2 is 1.04 bits per heavy atom. The zero-order valence-electron chi connectivity index (χ0n) is 44.6. The molecule has 5 N–H and O–H groups in total. The summed E-state index contributed by atoms with van der Waals surface area (Å²) in [6.07, 6.45) is 0. The van der Waals surface area contributed by atoms with Crippen molar-refractivity contribution in [3.8, 4) is 10.6 Å². The molecule has 81 heavy (non-hydrogen) atoms. The van der Waals surface area contributed by atoms with Crippen LogP contribution in [0.4, 0.5) is 20.2 Å². The highest BCUT2D eigenvalue weighted by atomic mass is 32.1. The Morgan fingerprint density at radius 1 is 0.568 bits per heavy atom. The Balaban J connectivity index is 0.000000214. The van der Waals surface area contributed by atoms with E-state index < -0.39 is 23.9 Å². The second-order valence-corrected chi connectivity index (χ2v) is 22.9. The van der Waals surface area contributed by atoms with Gasteiger partial charge in [0.15, 0.2) is 10.0 Å². The van der Waals surface area contributed by atoms with Crippen molar-refractivity contribution < 1.29 is 32.8 Å². The van der Waals surface area contributed by atoms with Crippen LogP contribution in [0.5, 0.6) is 0 Å². The summed E-state index contributed by atoms with van der Waals surface area (Å²) in [5.74, 6) is -2.54. The van der Waals surface area contributed by atoms with Crippen LogP contribution in [0.2, 0.25) is 0 Å². The molecule has 0 saturated carbocycles. The number of fused-ring (bicyclic) bond motifs is 2. The summed E-state index contributed by atoms with van der Waals surface area (Å²) in [5, 5.41) is 11.9. The molecule has 0 bridgehead atoms. The fourth-order valence-corrected chi connectivity index (χ4v) is 11.4. The highest BCUT2D eigenvalue weighted by molar-refractivity contribution is 7.20. The van der Waals surface area contributed by atoms with Crippen molar-refractivity contribution in [3.05, 3.63) is 230 Å². The van der Waals surface area contributed by atoms with Gasteiger partial charge in [0.05, 0.1) is 26.1 Å². The molecule has 0 saturated heterocycles. The second kappa shape index (κ2) is 25.0. The number of benzene rings is 7. The van der Waals surface area contributed by atoms with Gasteiger partial charge in [-0.1, -0.05) is 124 Å². The predicted molar refractivity (Wildman–Crippen MR) is 317 cm³/mol. The summed E-state index contributed by atoms with van der Waals surface area (Å²) in [7, 11) is 3.29. The van der Waals surface area contributed by atoms with Crippen molar-refractivity contribution in [2.75, 3.05) is 25.1 Å². The summed E-state index contributed by atoms with van der Waals surface area (Å²) < 4.78 is 28.1. The first-order chi connectivity index (χ1) is 38.9. The number of rotatable bonds is 15. The summed E-state index contributed by atoms with van der Waals surface area (Å²) in [4.78, 5) is 83.7. The third-order valence-electron chi connectivity index (χ3n) is 12.9. The van der Waals surface area contributed by atoms with E-state index in [2.05, 4.69) is 46.7 Å². The van der Waals surface area contributed by atoms with E-state index in [-0.39, 0.29) is 57.9 Å². The highest BCUT2D eigenvalue weighted by Crippen LogP contribution is 2.33. The van der Waals surface area contributed by atoms with Crippen LogP contribution >= 0.6 is 34.0 Å². The molecule has 0 aliphatic carbocycles. The van der Waals surface area contributed by atoms with Gasteiger partial charge in [0.25, 0.3) is 17.7 Å². The van der Waals surface area contributed by atoms with E-state index in [0.717, 1.165) is 32.1 Å². The van der Waals surface area contributed by atoms with Crippen LogP contribution in [0.3, 0.4) is 0 Å².